The lowest BCUT2D eigenvalue weighted by molar-refractivity contribution is 0.114. The summed E-state index contributed by atoms with van der Waals surface area (Å²) in [5.74, 6) is 0. The summed E-state index contributed by atoms with van der Waals surface area (Å²) in [5.41, 5.74) is 1.15. The minimum absolute atomic E-state index is 0.0157. The average Bonchev–Trinajstić information content (AvgIpc) is 2.48. The molecule has 1 saturated heterocycles. The van der Waals surface area contributed by atoms with Crippen molar-refractivity contribution in [3.63, 3.8) is 0 Å². The largest absolute Gasteiger partial charge is 0.395 e. The van der Waals surface area contributed by atoms with Crippen LogP contribution in [0.4, 0.5) is 5.69 Å². The van der Waals surface area contributed by atoms with Crippen LogP contribution in [0.3, 0.4) is 0 Å². The molecule has 0 amide bonds. The fourth-order valence-corrected chi connectivity index (χ4v) is 2.88. The quantitative estimate of drug-likeness (QED) is 0.837. The Morgan fingerprint density at radius 2 is 2.10 bits per heavy atom. The van der Waals surface area contributed by atoms with Gasteiger partial charge in [-0.25, -0.2) is 0 Å². The lowest BCUT2D eigenvalue weighted by Crippen LogP contribution is -2.56. The van der Waals surface area contributed by atoms with Crippen molar-refractivity contribution < 1.29 is 5.11 Å². The number of benzene rings is 1. The van der Waals surface area contributed by atoms with Crippen molar-refractivity contribution in [1.82, 2.24) is 4.90 Å². The molecule has 20 heavy (non-hydrogen) atoms. The first-order chi connectivity index (χ1) is 9.63. The molecule has 1 aliphatic rings. The summed E-state index contributed by atoms with van der Waals surface area (Å²) in [6.45, 7) is 2.98. The first-order valence-corrected chi connectivity index (χ1v) is 7.76. The maximum absolute atomic E-state index is 9.55. The van der Waals surface area contributed by atoms with Crippen molar-refractivity contribution in [3.8, 4) is 6.07 Å². The monoisotopic (exact) mass is 357 g/mol. The van der Waals surface area contributed by atoms with E-state index in [4.69, 9.17) is 16.9 Å². The van der Waals surface area contributed by atoms with Crippen LogP contribution in [0.2, 0.25) is 0 Å². The molecule has 0 saturated carbocycles. The van der Waals surface area contributed by atoms with Gasteiger partial charge >= 0.3 is 0 Å². The van der Waals surface area contributed by atoms with E-state index in [0.717, 1.165) is 29.8 Å². The standard InChI is InChI=1S/C14H17BrClN3O/c15-11-1-3-13(4-2-11)19-6-5-18(8-12(16)7-17)14(9-19)10-20/h1-4,12,14,20H,5-6,8-10H2. The molecule has 0 aromatic heterocycles. The summed E-state index contributed by atoms with van der Waals surface area (Å²) in [7, 11) is 0. The molecule has 1 fully saturated rings. The number of nitriles is 1. The van der Waals surface area contributed by atoms with E-state index < -0.39 is 5.38 Å². The van der Waals surface area contributed by atoms with Gasteiger partial charge < -0.3 is 10.0 Å². The van der Waals surface area contributed by atoms with E-state index in [-0.39, 0.29) is 12.6 Å². The van der Waals surface area contributed by atoms with Crippen LogP contribution in [-0.2, 0) is 0 Å². The smallest absolute Gasteiger partial charge is 0.133 e. The molecule has 1 aliphatic heterocycles. The third-order valence-corrected chi connectivity index (χ3v) is 4.31. The molecular weight excluding hydrogens is 342 g/mol. The van der Waals surface area contributed by atoms with Crippen molar-refractivity contribution in [2.75, 3.05) is 37.7 Å². The molecule has 0 spiro atoms. The number of piperazine rings is 1. The Morgan fingerprint density at radius 3 is 2.70 bits per heavy atom. The number of aliphatic hydroxyl groups is 1. The third-order valence-electron chi connectivity index (χ3n) is 3.54. The van der Waals surface area contributed by atoms with Gasteiger partial charge in [0, 0.05) is 36.3 Å². The SMILES string of the molecule is N#CC(Cl)CN1CCN(c2ccc(Br)cc2)CC1CO. The Hall–Kier alpha value is -0.800. The Kier molecular flexibility index (Phi) is 5.67. The molecule has 1 aromatic carbocycles. The first kappa shape index (κ1) is 15.6. The molecule has 2 rings (SSSR count). The highest BCUT2D eigenvalue weighted by Crippen LogP contribution is 2.22. The minimum Gasteiger partial charge on any atom is -0.395 e. The predicted molar refractivity (Wildman–Crippen MR) is 84.1 cm³/mol. The van der Waals surface area contributed by atoms with Crippen LogP contribution in [-0.4, -0.2) is 54.2 Å². The molecule has 0 bridgehead atoms. The van der Waals surface area contributed by atoms with E-state index in [1.807, 2.05) is 18.2 Å². The summed E-state index contributed by atoms with van der Waals surface area (Å²) >= 11 is 9.32. The topological polar surface area (TPSA) is 50.5 Å². The van der Waals surface area contributed by atoms with Crippen LogP contribution >= 0.6 is 27.5 Å². The van der Waals surface area contributed by atoms with Gasteiger partial charge in [-0.1, -0.05) is 15.9 Å². The van der Waals surface area contributed by atoms with Crippen LogP contribution < -0.4 is 4.90 Å². The van der Waals surface area contributed by atoms with E-state index in [1.54, 1.807) is 0 Å². The summed E-state index contributed by atoms with van der Waals surface area (Å²) < 4.78 is 1.05. The van der Waals surface area contributed by atoms with Crippen molar-refractivity contribution >= 4 is 33.2 Å². The minimum atomic E-state index is -0.525. The second kappa shape index (κ2) is 7.28. The molecule has 2 atom stereocenters. The summed E-state index contributed by atoms with van der Waals surface area (Å²) in [5, 5.41) is 17.8. The van der Waals surface area contributed by atoms with E-state index in [2.05, 4.69) is 37.9 Å². The number of nitrogens with zero attached hydrogens (tertiary/aromatic N) is 3. The van der Waals surface area contributed by atoms with Crippen LogP contribution in [0.1, 0.15) is 0 Å². The molecule has 0 radical (unpaired) electrons. The van der Waals surface area contributed by atoms with E-state index in [1.165, 1.54) is 0 Å². The number of hydrogen-bond donors (Lipinski definition) is 1. The normalized spacial score (nSPS) is 21.5. The van der Waals surface area contributed by atoms with Gasteiger partial charge in [0.25, 0.3) is 0 Å². The van der Waals surface area contributed by atoms with Gasteiger partial charge in [0.05, 0.1) is 18.7 Å². The van der Waals surface area contributed by atoms with Gasteiger partial charge in [0.1, 0.15) is 5.38 Å². The van der Waals surface area contributed by atoms with Crippen LogP contribution in [0.25, 0.3) is 0 Å². The van der Waals surface area contributed by atoms with E-state index in [9.17, 15) is 5.11 Å². The van der Waals surface area contributed by atoms with Crippen molar-refractivity contribution in [1.29, 1.82) is 5.26 Å². The average molecular weight is 359 g/mol. The van der Waals surface area contributed by atoms with E-state index >= 15 is 0 Å². The summed E-state index contributed by atoms with van der Waals surface area (Å²) in [4.78, 5) is 4.34. The molecule has 6 heteroatoms. The maximum Gasteiger partial charge on any atom is 0.133 e. The summed E-state index contributed by atoms with van der Waals surface area (Å²) in [6, 6.07) is 10.2. The second-order valence-electron chi connectivity index (χ2n) is 4.85. The first-order valence-electron chi connectivity index (χ1n) is 6.53. The highest BCUT2D eigenvalue weighted by atomic mass is 79.9. The second-order valence-corrected chi connectivity index (χ2v) is 6.29. The number of hydrogen-bond acceptors (Lipinski definition) is 4. The van der Waals surface area contributed by atoms with Crippen molar-refractivity contribution in [2.24, 2.45) is 0 Å². The molecular formula is C14H17BrClN3O. The lowest BCUT2D eigenvalue weighted by atomic mass is 10.1. The number of anilines is 1. The highest BCUT2D eigenvalue weighted by molar-refractivity contribution is 9.10. The maximum atomic E-state index is 9.55. The Labute approximate surface area is 132 Å². The molecule has 4 nitrogen and oxygen atoms in total. The zero-order valence-corrected chi connectivity index (χ0v) is 13.4. The Balaban J connectivity index is 2.01. The summed E-state index contributed by atoms with van der Waals surface area (Å²) in [6.07, 6.45) is 0. The zero-order valence-electron chi connectivity index (χ0n) is 11.0. The fourth-order valence-electron chi connectivity index (χ4n) is 2.44. The molecule has 1 heterocycles. The van der Waals surface area contributed by atoms with Gasteiger partial charge in [-0.2, -0.15) is 5.26 Å². The van der Waals surface area contributed by atoms with Crippen LogP contribution in [0.15, 0.2) is 28.7 Å². The highest BCUT2D eigenvalue weighted by Gasteiger charge is 2.27. The van der Waals surface area contributed by atoms with Crippen molar-refractivity contribution in [3.05, 3.63) is 28.7 Å². The molecule has 108 valence electrons. The number of rotatable bonds is 4. The fraction of sp³-hybridized carbons (Fsp3) is 0.500. The van der Waals surface area contributed by atoms with E-state index in [0.29, 0.717) is 6.54 Å². The molecule has 0 aliphatic carbocycles. The Morgan fingerprint density at radius 1 is 1.40 bits per heavy atom. The molecule has 1 aromatic rings. The number of alkyl halides is 1. The van der Waals surface area contributed by atoms with Gasteiger partial charge in [-0.3, -0.25) is 4.90 Å². The zero-order chi connectivity index (χ0) is 14.5. The van der Waals surface area contributed by atoms with Gasteiger partial charge in [0.2, 0.25) is 0 Å². The number of aliphatic hydroxyl groups excluding tert-OH is 1. The van der Waals surface area contributed by atoms with Crippen LogP contribution in [0.5, 0.6) is 0 Å². The van der Waals surface area contributed by atoms with Crippen molar-refractivity contribution in [2.45, 2.75) is 11.4 Å². The third kappa shape index (κ3) is 3.86. The lowest BCUT2D eigenvalue weighted by Gasteiger charge is -2.42. The Bertz CT molecular complexity index is 476. The molecule has 2 unspecified atom stereocenters. The predicted octanol–water partition coefficient (Wildman–Crippen LogP) is 2.06. The van der Waals surface area contributed by atoms with Crippen LogP contribution in [0, 0.1) is 11.3 Å². The van der Waals surface area contributed by atoms with Gasteiger partial charge in [0.15, 0.2) is 0 Å². The van der Waals surface area contributed by atoms with Gasteiger partial charge in [-0.05, 0) is 24.3 Å². The number of halogens is 2. The molecule has 1 N–H and O–H groups in total. The van der Waals surface area contributed by atoms with Gasteiger partial charge in [-0.15, -0.1) is 11.6 Å².